The quantitative estimate of drug-likeness (QED) is 0.812. The fraction of sp³-hybridized carbons (Fsp3) is 0.714. The third-order valence-electron chi connectivity index (χ3n) is 4.09. The van der Waals surface area contributed by atoms with E-state index in [-0.39, 0.29) is 11.0 Å². The average Bonchev–Trinajstić information content (AvgIpc) is 2.35. The monoisotopic (exact) mass is 281 g/mol. The van der Waals surface area contributed by atoms with Crippen LogP contribution in [0.2, 0.25) is 0 Å². The van der Waals surface area contributed by atoms with Crippen LogP contribution in [0.5, 0.6) is 0 Å². The molecule has 0 atom stereocenters. The summed E-state index contributed by atoms with van der Waals surface area (Å²) in [5, 5.41) is 4.32. The van der Waals surface area contributed by atoms with Crippen molar-refractivity contribution in [3.63, 3.8) is 0 Å². The molecule has 1 saturated carbocycles. The molecule has 0 N–H and O–H groups in total. The van der Waals surface area contributed by atoms with E-state index < -0.39 is 0 Å². The normalized spacial score (nSPS) is 17.0. The van der Waals surface area contributed by atoms with E-state index in [1.165, 1.54) is 6.42 Å². The zero-order valence-corrected chi connectivity index (χ0v) is 12.7. The van der Waals surface area contributed by atoms with Crippen LogP contribution in [0.15, 0.2) is 17.1 Å². The van der Waals surface area contributed by atoms with Gasteiger partial charge in [0.05, 0.1) is 18.4 Å². The molecule has 1 heterocycles. The molecule has 0 aromatic carbocycles. The summed E-state index contributed by atoms with van der Waals surface area (Å²) in [4.78, 5) is 14.2. The van der Waals surface area contributed by atoms with Crippen LogP contribution in [0.25, 0.3) is 0 Å². The van der Waals surface area contributed by atoms with Crippen molar-refractivity contribution in [2.45, 2.75) is 39.2 Å². The van der Waals surface area contributed by atoms with Gasteiger partial charge in [-0.25, -0.2) is 4.68 Å². The van der Waals surface area contributed by atoms with Crippen molar-refractivity contribution < 1.29 is 0 Å². The molecule has 0 unspecified atom stereocenters. The molecule has 5 heteroatoms. The summed E-state index contributed by atoms with van der Waals surface area (Å²) in [6.07, 6.45) is 6.40. The van der Waals surface area contributed by atoms with Crippen molar-refractivity contribution in [2.24, 2.45) is 5.41 Å². The van der Waals surface area contributed by atoms with Crippen LogP contribution < -0.4 is 10.5 Å². The minimum atomic E-state index is -0.00601. The molecule has 0 aliphatic heterocycles. The van der Waals surface area contributed by atoms with Crippen LogP contribution in [0.1, 0.15) is 32.6 Å². The Hall–Kier alpha value is -0.970. The maximum atomic E-state index is 12.1. The van der Waals surface area contributed by atoms with Crippen molar-refractivity contribution in [3.8, 4) is 0 Å². The lowest BCUT2D eigenvalue weighted by Crippen LogP contribution is -2.40. The van der Waals surface area contributed by atoms with Crippen molar-refractivity contribution >= 4 is 18.3 Å². The third kappa shape index (κ3) is 3.14. The maximum Gasteiger partial charge on any atom is 0.268 e. The first-order valence-electron chi connectivity index (χ1n) is 6.99. The van der Waals surface area contributed by atoms with E-state index in [2.05, 4.69) is 29.6 Å². The number of aromatic nitrogens is 2. The Morgan fingerprint density at radius 1 is 1.53 bits per heavy atom. The summed E-state index contributed by atoms with van der Waals surface area (Å²) >= 11 is 4.43. The Morgan fingerprint density at radius 2 is 2.26 bits per heavy atom. The Morgan fingerprint density at radius 3 is 2.74 bits per heavy atom. The van der Waals surface area contributed by atoms with Gasteiger partial charge in [0.15, 0.2) is 0 Å². The number of hydrogen-bond donors (Lipinski definition) is 1. The van der Waals surface area contributed by atoms with Gasteiger partial charge >= 0.3 is 0 Å². The highest BCUT2D eigenvalue weighted by atomic mass is 32.1. The molecule has 1 aromatic rings. The van der Waals surface area contributed by atoms with Gasteiger partial charge in [0.1, 0.15) is 0 Å². The fourth-order valence-electron chi connectivity index (χ4n) is 2.58. The number of nitrogens with zero attached hydrogens (tertiary/aromatic N) is 3. The minimum absolute atomic E-state index is 0.00601. The Labute approximate surface area is 120 Å². The van der Waals surface area contributed by atoms with Crippen LogP contribution in [-0.2, 0) is 6.54 Å². The summed E-state index contributed by atoms with van der Waals surface area (Å²) in [6, 6.07) is 1.69. The van der Waals surface area contributed by atoms with E-state index in [4.69, 9.17) is 0 Å². The van der Waals surface area contributed by atoms with Gasteiger partial charge in [0.25, 0.3) is 5.56 Å². The summed E-state index contributed by atoms with van der Waals surface area (Å²) < 4.78 is 1.60. The molecule has 106 valence electrons. The predicted molar refractivity (Wildman–Crippen MR) is 82.2 cm³/mol. The molecule has 2 rings (SSSR count). The Kier molecular flexibility index (Phi) is 4.55. The topological polar surface area (TPSA) is 38.1 Å². The SMILES string of the molecule is CCCN(C)c1cnn(CC2(CS)CCC2)c(=O)c1. The Bertz CT molecular complexity index is 476. The predicted octanol–water partition coefficient (Wildman–Crippen LogP) is 2.19. The van der Waals surface area contributed by atoms with Crippen molar-refractivity contribution in [2.75, 3.05) is 24.2 Å². The summed E-state index contributed by atoms with van der Waals surface area (Å²) in [5.41, 5.74) is 1.08. The molecule has 0 radical (unpaired) electrons. The zero-order valence-electron chi connectivity index (χ0n) is 11.8. The van der Waals surface area contributed by atoms with Gasteiger partial charge in [-0.2, -0.15) is 17.7 Å². The summed E-state index contributed by atoms with van der Waals surface area (Å²) in [5.74, 6) is 0.832. The highest BCUT2D eigenvalue weighted by Crippen LogP contribution is 2.42. The lowest BCUT2D eigenvalue weighted by Gasteiger charge is -2.40. The van der Waals surface area contributed by atoms with E-state index in [1.807, 2.05) is 7.05 Å². The van der Waals surface area contributed by atoms with Crippen LogP contribution in [0, 0.1) is 5.41 Å². The lowest BCUT2D eigenvalue weighted by molar-refractivity contribution is 0.130. The highest BCUT2D eigenvalue weighted by Gasteiger charge is 2.36. The van der Waals surface area contributed by atoms with Gasteiger partial charge in [-0.15, -0.1) is 0 Å². The summed E-state index contributed by atoms with van der Waals surface area (Å²) in [6.45, 7) is 3.76. The standard InChI is InChI=1S/C14H23N3OS/c1-3-7-16(2)12-8-13(18)17(15-9-12)10-14(11-19)5-4-6-14/h8-9,19H,3-7,10-11H2,1-2H3. The minimum Gasteiger partial charge on any atom is -0.373 e. The molecule has 1 aliphatic carbocycles. The molecule has 0 amide bonds. The van der Waals surface area contributed by atoms with Gasteiger partial charge in [-0.1, -0.05) is 13.3 Å². The number of hydrogen-bond acceptors (Lipinski definition) is 4. The van der Waals surface area contributed by atoms with E-state index >= 15 is 0 Å². The molecule has 0 spiro atoms. The van der Waals surface area contributed by atoms with Crippen molar-refractivity contribution in [1.82, 2.24) is 9.78 Å². The van der Waals surface area contributed by atoms with E-state index in [1.54, 1.807) is 16.9 Å². The lowest BCUT2D eigenvalue weighted by atomic mass is 9.70. The molecule has 1 fully saturated rings. The smallest absolute Gasteiger partial charge is 0.268 e. The second-order valence-corrected chi connectivity index (χ2v) is 5.96. The van der Waals surface area contributed by atoms with Crippen molar-refractivity contribution in [3.05, 3.63) is 22.6 Å². The largest absolute Gasteiger partial charge is 0.373 e. The van der Waals surface area contributed by atoms with Gasteiger partial charge in [0.2, 0.25) is 0 Å². The fourth-order valence-corrected chi connectivity index (χ4v) is 2.99. The number of rotatable bonds is 6. The molecule has 19 heavy (non-hydrogen) atoms. The molecule has 1 aliphatic rings. The van der Waals surface area contributed by atoms with Gasteiger partial charge in [-0.05, 0) is 30.4 Å². The van der Waals surface area contributed by atoms with Gasteiger partial charge in [0, 0.05) is 19.7 Å². The number of anilines is 1. The van der Waals surface area contributed by atoms with Crippen molar-refractivity contribution in [1.29, 1.82) is 0 Å². The second kappa shape index (κ2) is 5.99. The third-order valence-corrected chi connectivity index (χ3v) is 4.76. The molecule has 0 saturated heterocycles. The highest BCUT2D eigenvalue weighted by molar-refractivity contribution is 7.80. The molecule has 0 bridgehead atoms. The van der Waals surface area contributed by atoms with Crippen LogP contribution in [0.3, 0.4) is 0 Å². The van der Waals surface area contributed by atoms with E-state index in [0.717, 1.165) is 37.2 Å². The van der Waals surface area contributed by atoms with Gasteiger partial charge in [-0.3, -0.25) is 4.79 Å². The molecular weight excluding hydrogens is 258 g/mol. The molecular formula is C14H23N3OS. The van der Waals surface area contributed by atoms with E-state index in [0.29, 0.717) is 6.54 Å². The maximum absolute atomic E-state index is 12.1. The zero-order chi connectivity index (χ0) is 13.9. The van der Waals surface area contributed by atoms with Crippen LogP contribution >= 0.6 is 12.6 Å². The number of thiol groups is 1. The summed E-state index contributed by atoms with van der Waals surface area (Å²) in [7, 11) is 1.99. The Balaban J connectivity index is 2.13. The first-order chi connectivity index (χ1) is 9.10. The van der Waals surface area contributed by atoms with Crippen LogP contribution in [-0.4, -0.2) is 29.1 Å². The first kappa shape index (κ1) is 14.4. The average molecular weight is 281 g/mol. The second-order valence-electron chi connectivity index (χ2n) is 5.64. The molecule has 4 nitrogen and oxygen atoms in total. The van der Waals surface area contributed by atoms with E-state index in [9.17, 15) is 4.79 Å². The van der Waals surface area contributed by atoms with Gasteiger partial charge < -0.3 is 4.90 Å². The first-order valence-corrected chi connectivity index (χ1v) is 7.63. The van der Waals surface area contributed by atoms with Crippen LogP contribution in [0.4, 0.5) is 5.69 Å². The molecule has 1 aromatic heterocycles.